The van der Waals surface area contributed by atoms with E-state index in [2.05, 4.69) is 60.5 Å². The molecule has 1 saturated heterocycles. The minimum Gasteiger partial charge on any atom is -0.314 e. The number of hydrogen-bond acceptors (Lipinski definition) is 3. The van der Waals surface area contributed by atoms with Crippen LogP contribution in [0.1, 0.15) is 19.5 Å². The van der Waals surface area contributed by atoms with Crippen molar-refractivity contribution in [2.75, 3.05) is 13.1 Å². The van der Waals surface area contributed by atoms with Crippen LogP contribution in [0.5, 0.6) is 0 Å². The monoisotopic (exact) mass is 255 g/mol. The molecule has 2 atom stereocenters. The average Bonchev–Trinajstić information content (AvgIpc) is 2.43. The Hall–Kier alpha value is -1.45. The van der Waals surface area contributed by atoms with E-state index in [1.165, 1.54) is 11.1 Å². The summed E-state index contributed by atoms with van der Waals surface area (Å²) in [4.78, 5) is 7.31. The van der Waals surface area contributed by atoms with E-state index in [1.54, 1.807) is 0 Å². The van der Waals surface area contributed by atoms with Gasteiger partial charge in [-0.2, -0.15) is 0 Å². The Balaban J connectivity index is 1.84. The van der Waals surface area contributed by atoms with E-state index < -0.39 is 0 Å². The lowest BCUT2D eigenvalue weighted by molar-refractivity contribution is 0.107. The molecule has 1 fully saturated rings. The van der Waals surface area contributed by atoms with Crippen LogP contribution in [0.4, 0.5) is 0 Å². The number of fused-ring (bicyclic) bond motifs is 1. The van der Waals surface area contributed by atoms with Crippen molar-refractivity contribution in [1.29, 1.82) is 0 Å². The predicted molar refractivity (Wildman–Crippen MR) is 79.1 cm³/mol. The number of pyridine rings is 1. The van der Waals surface area contributed by atoms with E-state index in [-0.39, 0.29) is 0 Å². The second-order valence-corrected chi connectivity index (χ2v) is 5.52. The van der Waals surface area contributed by atoms with E-state index in [4.69, 9.17) is 4.98 Å². The fourth-order valence-corrected chi connectivity index (χ4v) is 2.87. The van der Waals surface area contributed by atoms with Crippen molar-refractivity contribution >= 4 is 10.9 Å². The van der Waals surface area contributed by atoms with Crippen molar-refractivity contribution in [2.24, 2.45) is 0 Å². The Morgan fingerprint density at radius 1 is 1.11 bits per heavy atom. The molecule has 1 aliphatic heterocycles. The maximum Gasteiger partial charge on any atom is 0.0705 e. The molecule has 3 nitrogen and oxygen atoms in total. The van der Waals surface area contributed by atoms with Gasteiger partial charge < -0.3 is 5.32 Å². The van der Waals surface area contributed by atoms with Crippen LogP contribution < -0.4 is 5.32 Å². The van der Waals surface area contributed by atoms with Gasteiger partial charge in [-0.25, -0.2) is 0 Å². The minimum absolute atomic E-state index is 0.567. The Morgan fingerprint density at radius 3 is 2.63 bits per heavy atom. The summed E-state index contributed by atoms with van der Waals surface area (Å²) >= 11 is 0. The van der Waals surface area contributed by atoms with E-state index in [9.17, 15) is 0 Å². The van der Waals surface area contributed by atoms with Crippen molar-refractivity contribution < 1.29 is 0 Å². The maximum atomic E-state index is 4.78. The normalized spacial score (nSPS) is 24.7. The SMILES string of the molecule is CC1CNCC(C)N1Cc1ccc2ccccc2n1. The molecule has 100 valence electrons. The predicted octanol–water partition coefficient (Wildman–Crippen LogP) is 2.42. The molecule has 3 heteroatoms. The van der Waals surface area contributed by atoms with Gasteiger partial charge in [-0.1, -0.05) is 24.3 Å². The van der Waals surface area contributed by atoms with E-state index in [0.717, 1.165) is 25.2 Å². The lowest BCUT2D eigenvalue weighted by Crippen LogP contribution is -2.54. The van der Waals surface area contributed by atoms with E-state index in [1.807, 2.05) is 0 Å². The molecule has 0 saturated carbocycles. The van der Waals surface area contributed by atoms with Crippen molar-refractivity contribution in [3.63, 3.8) is 0 Å². The van der Waals surface area contributed by atoms with Gasteiger partial charge in [0.05, 0.1) is 11.2 Å². The van der Waals surface area contributed by atoms with Crippen LogP contribution in [0.2, 0.25) is 0 Å². The molecule has 0 amide bonds. The molecular formula is C16H21N3. The summed E-state index contributed by atoms with van der Waals surface area (Å²) in [5.74, 6) is 0. The van der Waals surface area contributed by atoms with Crippen LogP contribution in [0, 0.1) is 0 Å². The Kier molecular flexibility index (Phi) is 3.49. The zero-order valence-electron chi connectivity index (χ0n) is 11.6. The first-order valence-electron chi connectivity index (χ1n) is 7.05. The standard InChI is InChI=1S/C16H21N3/c1-12-9-17-10-13(2)19(12)11-15-8-7-14-5-3-4-6-16(14)18-15/h3-8,12-13,17H,9-11H2,1-2H3. The maximum absolute atomic E-state index is 4.78. The van der Waals surface area contributed by atoms with Crippen LogP contribution in [0.25, 0.3) is 10.9 Å². The highest BCUT2D eigenvalue weighted by molar-refractivity contribution is 5.78. The van der Waals surface area contributed by atoms with Gasteiger partial charge in [-0.05, 0) is 26.0 Å². The van der Waals surface area contributed by atoms with Gasteiger partial charge in [0, 0.05) is 37.1 Å². The summed E-state index contributed by atoms with van der Waals surface area (Å²) in [6.07, 6.45) is 0. The molecule has 19 heavy (non-hydrogen) atoms. The second kappa shape index (κ2) is 5.27. The molecule has 0 bridgehead atoms. The fraction of sp³-hybridized carbons (Fsp3) is 0.438. The summed E-state index contributed by atoms with van der Waals surface area (Å²) in [6, 6.07) is 13.8. The van der Waals surface area contributed by atoms with Gasteiger partial charge in [0.15, 0.2) is 0 Å². The lowest BCUT2D eigenvalue weighted by Gasteiger charge is -2.39. The average molecular weight is 255 g/mol. The van der Waals surface area contributed by atoms with Crippen LogP contribution in [0.15, 0.2) is 36.4 Å². The highest BCUT2D eigenvalue weighted by atomic mass is 15.2. The first-order valence-corrected chi connectivity index (χ1v) is 7.05. The molecule has 1 aromatic heterocycles. The number of hydrogen-bond donors (Lipinski definition) is 1. The Labute approximate surface area is 114 Å². The molecule has 2 unspecified atom stereocenters. The zero-order valence-corrected chi connectivity index (χ0v) is 11.6. The topological polar surface area (TPSA) is 28.2 Å². The van der Waals surface area contributed by atoms with Gasteiger partial charge in [0.1, 0.15) is 0 Å². The first-order chi connectivity index (χ1) is 9.24. The third-order valence-corrected chi connectivity index (χ3v) is 4.01. The molecule has 1 aromatic carbocycles. The highest BCUT2D eigenvalue weighted by Gasteiger charge is 2.24. The molecule has 1 N–H and O–H groups in total. The summed E-state index contributed by atoms with van der Waals surface area (Å²) in [7, 11) is 0. The fourth-order valence-electron chi connectivity index (χ4n) is 2.87. The van der Waals surface area contributed by atoms with E-state index in [0.29, 0.717) is 12.1 Å². The van der Waals surface area contributed by atoms with Crippen LogP contribution in [-0.2, 0) is 6.54 Å². The number of para-hydroxylation sites is 1. The van der Waals surface area contributed by atoms with Crippen molar-refractivity contribution in [2.45, 2.75) is 32.5 Å². The third-order valence-electron chi connectivity index (χ3n) is 4.01. The number of benzene rings is 1. The first kappa shape index (κ1) is 12.6. The van der Waals surface area contributed by atoms with Crippen LogP contribution in [-0.4, -0.2) is 35.1 Å². The highest BCUT2D eigenvalue weighted by Crippen LogP contribution is 2.16. The Bertz CT molecular complexity index is 557. The minimum atomic E-state index is 0.567. The van der Waals surface area contributed by atoms with Crippen molar-refractivity contribution in [1.82, 2.24) is 15.2 Å². The molecule has 0 aliphatic carbocycles. The van der Waals surface area contributed by atoms with Crippen LogP contribution >= 0.6 is 0 Å². The number of piperazine rings is 1. The quantitative estimate of drug-likeness (QED) is 0.893. The summed E-state index contributed by atoms with van der Waals surface area (Å²) in [5.41, 5.74) is 2.26. The Morgan fingerprint density at radius 2 is 1.84 bits per heavy atom. The number of nitrogens with zero attached hydrogens (tertiary/aromatic N) is 2. The van der Waals surface area contributed by atoms with Gasteiger partial charge in [-0.3, -0.25) is 9.88 Å². The molecule has 3 rings (SSSR count). The molecule has 2 heterocycles. The van der Waals surface area contributed by atoms with E-state index >= 15 is 0 Å². The van der Waals surface area contributed by atoms with Gasteiger partial charge in [0.2, 0.25) is 0 Å². The van der Waals surface area contributed by atoms with Gasteiger partial charge in [0.25, 0.3) is 0 Å². The number of aromatic nitrogens is 1. The van der Waals surface area contributed by atoms with Gasteiger partial charge in [-0.15, -0.1) is 0 Å². The lowest BCUT2D eigenvalue weighted by atomic mass is 10.1. The summed E-state index contributed by atoms with van der Waals surface area (Å²) in [5, 5.41) is 4.68. The zero-order chi connectivity index (χ0) is 13.2. The molecule has 1 aliphatic rings. The second-order valence-electron chi connectivity index (χ2n) is 5.52. The number of rotatable bonds is 2. The van der Waals surface area contributed by atoms with Crippen LogP contribution in [0.3, 0.4) is 0 Å². The third kappa shape index (κ3) is 2.62. The number of nitrogens with one attached hydrogen (secondary N) is 1. The smallest absolute Gasteiger partial charge is 0.0705 e. The summed E-state index contributed by atoms with van der Waals surface area (Å²) < 4.78 is 0. The summed E-state index contributed by atoms with van der Waals surface area (Å²) in [6.45, 7) is 7.64. The van der Waals surface area contributed by atoms with Crippen molar-refractivity contribution in [3.8, 4) is 0 Å². The molecule has 0 radical (unpaired) electrons. The largest absolute Gasteiger partial charge is 0.314 e. The van der Waals surface area contributed by atoms with Gasteiger partial charge >= 0.3 is 0 Å². The molecular weight excluding hydrogens is 234 g/mol. The molecule has 0 spiro atoms. The van der Waals surface area contributed by atoms with Crippen molar-refractivity contribution in [3.05, 3.63) is 42.1 Å². The molecule has 2 aromatic rings.